The van der Waals surface area contributed by atoms with Gasteiger partial charge in [-0.2, -0.15) is 0 Å². The maximum atomic E-state index is 9.41. The Bertz CT molecular complexity index is 567. The summed E-state index contributed by atoms with van der Waals surface area (Å²) in [6.07, 6.45) is 1.78. The van der Waals surface area contributed by atoms with Gasteiger partial charge in [-0.1, -0.05) is 18.2 Å². The standard InChI is InChI=1S/C17H21NO3/c1-21-15-5-2-13(3-6-15)8-10-18-11-9-14-4-7-16(19)17(20)12-14/h2-7,12,18-20H,8-11H2,1H3. The van der Waals surface area contributed by atoms with E-state index in [9.17, 15) is 10.2 Å². The second kappa shape index (κ2) is 7.55. The Hall–Kier alpha value is -2.20. The largest absolute Gasteiger partial charge is 0.504 e. The summed E-state index contributed by atoms with van der Waals surface area (Å²) >= 11 is 0. The number of hydrogen-bond acceptors (Lipinski definition) is 4. The van der Waals surface area contributed by atoms with Crippen LogP contribution < -0.4 is 10.1 Å². The molecule has 21 heavy (non-hydrogen) atoms. The molecule has 4 heteroatoms. The lowest BCUT2D eigenvalue weighted by atomic mass is 10.1. The number of aromatic hydroxyl groups is 2. The van der Waals surface area contributed by atoms with Crippen molar-refractivity contribution in [1.82, 2.24) is 5.32 Å². The van der Waals surface area contributed by atoms with Crippen molar-refractivity contribution in [2.75, 3.05) is 20.2 Å². The van der Waals surface area contributed by atoms with Crippen molar-refractivity contribution in [2.24, 2.45) is 0 Å². The molecule has 0 atom stereocenters. The van der Waals surface area contributed by atoms with E-state index in [-0.39, 0.29) is 11.5 Å². The maximum absolute atomic E-state index is 9.41. The van der Waals surface area contributed by atoms with Crippen molar-refractivity contribution in [3.05, 3.63) is 53.6 Å². The van der Waals surface area contributed by atoms with Crippen molar-refractivity contribution in [3.8, 4) is 17.2 Å². The van der Waals surface area contributed by atoms with Crippen molar-refractivity contribution < 1.29 is 14.9 Å². The molecule has 0 saturated carbocycles. The first-order valence-corrected chi connectivity index (χ1v) is 7.03. The lowest BCUT2D eigenvalue weighted by Gasteiger charge is -2.07. The maximum Gasteiger partial charge on any atom is 0.157 e. The first-order valence-electron chi connectivity index (χ1n) is 7.03. The first-order chi connectivity index (χ1) is 10.2. The molecule has 3 N–H and O–H groups in total. The summed E-state index contributed by atoms with van der Waals surface area (Å²) in [5.74, 6) is 0.732. The Morgan fingerprint density at radius 3 is 2.10 bits per heavy atom. The molecule has 0 aliphatic heterocycles. The van der Waals surface area contributed by atoms with Crippen LogP contribution in [0.15, 0.2) is 42.5 Å². The lowest BCUT2D eigenvalue weighted by Crippen LogP contribution is -2.20. The van der Waals surface area contributed by atoms with Crippen molar-refractivity contribution >= 4 is 0 Å². The van der Waals surface area contributed by atoms with Crippen LogP contribution >= 0.6 is 0 Å². The fraction of sp³-hybridized carbons (Fsp3) is 0.294. The summed E-state index contributed by atoms with van der Waals surface area (Å²) in [6, 6.07) is 13.0. The van der Waals surface area contributed by atoms with Gasteiger partial charge in [0.1, 0.15) is 5.75 Å². The van der Waals surface area contributed by atoms with Crippen LogP contribution in [-0.2, 0) is 12.8 Å². The topological polar surface area (TPSA) is 61.7 Å². The number of benzene rings is 2. The van der Waals surface area contributed by atoms with E-state index in [0.29, 0.717) is 0 Å². The minimum Gasteiger partial charge on any atom is -0.504 e. The van der Waals surface area contributed by atoms with Gasteiger partial charge in [0.2, 0.25) is 0 Å². The van der Waals surface area contributed by atoms with Gasteiger partial charge in [0, 0.05) is 0 Å². The van der Waals surface area contributed by atoms with Gasteiger partial charge in [0.25, 0.3) is 0 Å². The van der Waals surface area contributed by atoms with E-state index >= 15 is 0 Å². The second-order valence-corrected chi connectivity index (χ2v) is 4.92. The van der Waals surface area contributed by atoms with Gasteiger partial charge >= 0.3 is 0 Å². The van der Waals surface area contributed by atoms with Crippen molar-refractivity contribution in [1.29, 1.82) is 0 Å². The summed E-state index contributed by atoms with van der Waals surface area (Å²) in [5.41, 5.74) is 2.27. The van der Waals surface area contributed by atoms with Crippen LogP contribution in [0.4, 0.5) is 0 Å². The van der Waals surface area contributed by atoms with E-state index in [4.69, 9.17) is 4.74 Å². The third-order valence-corrected chi connectivity index (χ3v) is 3.38. The number of hydrogen-bond donors (Lipinski definition) is 3. The fourth-order valence-electron chi connectivity index (χ4n) is 2.11. The third kappa shape index (κ3) is 4.68. The van der Waals surface area contributed by atoms with Gasteiger partial charge in [0.05, 0.1) is 7.11 Å². The molecular weight excluding hydrogens is 266 g/mol. The molecule has 112 valence electrons. The van der Waals surface area contributed by atoms with Gasteiger partial charge in [-0.05, 0) is 61.3 Å². The van der Waals surface area contributed by atoms with E-state index in [1.165, 1.54) is 11.6 Å². The van der Waals surface area contributed by atoms with Crippen molar-refractivity contribution in [2.45, 2.75) is 12.8 Å². The molecule has 2 rings (SSSR count). The zero-order valence-electron chi connectivity index (χ0n) is 12.2. The van der Waals surface area contributed by atoms with Crippen molar-refractivity contribution in [3.63, 3.8) is 0 Å². The fourth-order valence-corrected chi connectivity index (χ4v) is 2.11. The Labute approximate surface area is 125 Å². The molecule has 2 aromatic rings. The highest BCUT2D eigenvalue weighted by molar-refractivity contribution is 5.40. The minimum atomic E-state index is -0.0776. The molecule has 0 aliphatic carbocycles. The normalized spacial score (nSPS) is 10.5. The number of phenolic OH excluding ortho intramolecular Hbond substituents is 2. The molecule has 0 amide bonds. The summed E-state index contributed by atoms with van der Waals surface area (Å²) in [6.45, 7) is 1.73. The van der Waals surface area contributed by atoms with E-state index in [2.05, 4.69) is 17.4 Å². The molecule has 0 heterocycles. The van der Waals surface area contributed by atoms with Crippen LogP contribution in [0.2, 0.25) is 0 Å². The number of ether oxygens (including phenoxy) is 1. The second-order valence-electron chi connectivity index (χ2n) is 4.92. The quantitative estimate of drug-likeness (QED) is 0.541. The zero-order chi connectivity index (χ0) is 15.1. The van der Waals surface area contributed by atoms with E-state index < -0.39 is 0 Å². The molecule has 0 spiro atoms. The predicted molar refractivity (Wildman–Crippen MR) is 83.0 cm³/mol. The summed E-state index contributed by atoms with van der Waals surface area (Å²) in [7, 11) is 1.66. The Kier molecular flexibility index (Phi) is 5.46. The van der Waals surface area contributed by atoms with Gasteiger partial charge in [-0.3, -0.25) is 0 Å². The average Bonchev–Trinajstić information content (AvgIpc) is 2.51. The highest BCUT2D eigenvalue weighted by Crippen LogP contribution is 2.24. The molecule has 2 aromatic carbocycles. The Morgan fingerprint density at radius 2 is 1.48 bits per heavy atom. The highest BCUT2D eigenvalue weighted by Gasteiger charge is 2.00. The smallest absolute Gasteiger partial charge is 0.157 e. The van der Waals surface area contributed by atoms with E-state index in [1.807, 2.05) is 18.2 Å². The molecule has 4 nitrogen and oxygen atoms in total. The minimum absolute atomic E-state index is 0.0641. The Balaban J connectivity index is 1.68. The van der Waals surface area contributed by atoms with Crippen LogP contribution in [0.25, 0.3) is 0 Å². The van der Waals surface area contributed by atoms with Crippen LogP contribution in [0.1, 0.15) is 11.1 Å². The van der Waals surface area contributed by atoms with E-state index in [0.717, 1.165) is 37.2 Å². The number of rotatable bonds is 7. The van der Waals surface area contributed by atoms with Crippen LogP contribution in [-0.4, -0.2) is 30.4 Å². The Morgan fingerprint density at radius 1 is 0.857 bits per heavy atom. The summed E-state index contributed by atoms with van der Waals surface area (Å²) in [4.78, 5) is 0. The van der Waals surface area contributed by atoms with Gasteiger partial charge < -0.3 is 20.3 Å². The van der Waals surface area contributed by atoms with E-state index in [1.54, 1.807) is 13.2 Å². The van der Waals surface area contributed by atoms with Gasteiger partial charge in [-0.25, -0.2) is 0 Å². The highest BCUT2D eigenvalue weighted by atomic mass is 16.5. The molecule has 0 aliphatic rings. The first kappa shape index (κ1) is 15.2. The third-order valence-electron chi connectivity index (χ3n) is 3.38. The van der Waals surface area contributed by atoms with Gasteiger partial charge in [0.15, 0.2) is 11.5 Å². The van der Waals surface area contributed by atoms with Crippen LogP contribution in [0, 0.1) is 0 Å². The number of phenols is 2. The predicted octanol–water partition coefficient (Wildman–Crippen LogP) is 2.48. The summed E-state index contributed by atoms with van der Waals surface area (Å²) < 4.78 is 5.13. The number of nitrogens with one attached hydrogen (secondary N) is 1. The van der Waals surface area contributed by atoms with Crippen LogP contribution in [0.3, 0.4) is 0 Å². The summed E-state index contributed by atoms with van der Waals surface area (Å²) in [5, 5.41) is 22.0. The number of methoxy groups -OCH3 is 1. The monoisotopic (exact) mass is 287 g/mol. The molecule has 0 radical (unpaired) electrons. The molecular formula is C17H21NO3. The molecule has 0 aromatic heterocycles. The SMILES string of the molecule is COc1ccc(CCNCCc2ccc(O)c(O)c2)cc1. The molecule has 0 bridgehead atoms. The molecule has 0 saturated heterocycles. The van der Waals surface area contributed by atoms with Gasteiger partial charge in [-0.15, -0.1) is 0 Å². The molecule has 0 unspecified atom stereocenters. The van der Waals surface area contributed by atoms with Crippen LogP contribution in [0.5, 0.6) is 17.2 Å². The zero-order valence-corrected chi connectivity index (χ0v) is 12.2. The average molecular weight is 287 g/mol. The lowest BCUT2D eigenvalue weighted by molar-refractivity contribution is 0.403. The molecule has 0 fully saturated rings.